The van der Waals surface area contributed by atoms with Gasteiger partial charge in [0, 0.05) is 25.0 Å². The van der Waals surface area contributed by atoms with Gasteiger partial charge in [-0.3, -0.25) is 0 Å². The summed E-state index contributed by atoms with van der Waals surface area (Å²) in [5, 5.41) is 3.58. The maximum absolute atomic E-state index is 5.75. The monoisotopic (exact) mass is 208 g/mol. The average molecular weight is 208 g/mol. The van der Waals surface area contributed by atoms with E-state index in [0.717, 1.165) is 12.3 Å². The van der Waals surface area contributed by atoms with Crippen LogP contribution in [0.5, 0.6) is 0 Å². The lowest BCUT2D eigenvalue weighted by atomic mass is 10.1. The first-order valence-corrected chi connectivity index (χ1v) is 5.87. The second-order valence-corrected chi connectivity index (χ2v) is 4.34. The molecule has 1 unspecified atom stereocenters. The minimum atomic E-state index is 0.320. The molecule has 0 aliphatic heterocycles. The van der Waals surface area contributed by atoms with Crippen LogP contribution in [0.25, 0.3) is 0 Å². The summed E-state index contributed by atoms with van der Waals surface area (Å²) in [5.41, 5.74) is 5.75. The molecule has 1 fully saturated rings. The molecule has 1 aromatic rings. The van der Waals surface area contributed by atoms with Gasteiger partial charge in [0.05, 0.1) is 6.26 Å². The van der Waals surface area contributed by atoms with Gasteiger partial charge in [0.15, 0.2) is 0 Å². The Bertz CT molecular complexity index is 265. The van der Waals surface area contributed by atoms with Crippen LogP contribution in [0.1, 0.15) is 37.4 Å². The Labute approximate surface area is 91.0 Å². The molecule has 1 aliphatic rings. The first-order chi connectivity index (χ1) is 7.40. The van der Waals surface area contributed by atoms with E-state index in [1.807, 2.05) is 12.1 Å². The molecular weight excluding hydrogens is 188 g/mol. The molecule has 3 nitrogen and oxygen atoms in total. The highest BCUT2D eigenvalue weighted by Gasteiger charge is 2.17. The minimum absolute atomic E-state index is 0.320. The Kier molecular flexibility index (Phi) is 3.80. The Hall–Kier alpha value is -0.800. The van der Waals surface area contributed by atoms with E-state index in [-0.39, 0.29) is 0 Å². The van der Waals surface area contributed by atoms with Crippen LogP contribution in [0.2, 0.25) is 0 Å². The van der Waals surface area contributed by atoms with E-state index in [2.05, 4.69) is 5.32 Å². The molecule has 1 atom stereocenters. The second kappa shape index (κ2) is 5.33. The van der Waals surface area contributed by atoms with Crippen molar-refractivity contribution in [3.8, 4) is 0 Å². The topological polar surface area (TPSA) is 51.2 Å². The van der Waals surface area contributed by atoms with Gasteiger partial charge in [-0.25, -0.2) is 0 Å². The largest absolute Gasteiger partial charge is 0.469 e. The van der Waals surface area contributed by atoms with Gasteiger partial charge in [-0.2, -0.15) is 0 Å². The molecule has 1 aliphatic carbocycles. The molecule has 0 bridgehead atoms. The highest BCUT2D eigenvalue weighted by Crippen LogP contribution is 2.19. The number of hydrogen-bond donors (Lipinski definition) is 2. The fourth-order valence-corrected chi connectivity index (χ4v) is 2.26. The molecule has 15 heavy (non-hydrogen) atoms. The highest BCUT2D eigenvalue weighted by molar-refractivity contribution is 5.06. The summed E-state index contributed by atoms with van der Waals surface area (Å²) in [5.74, 6) is 1.32. The smallest absolute Gasteiger partial charge is 0.109 e. The van der Waals surface area contributed by atoms with Gasteiger partial charge < -0.3 is 15.5 Å². The number of nitrogens with one attached hydrogen (secondary N) is 1. The molecule has 0 spiro atoms. The van der Waals surface area contributed by atoms with Crippen molar-refractivity contribution < 1.29 is 4.42 Å². The Morgan fingerprint density at radius 1 is 1.47 bits per heavy atom. The number of furan rings is 1. The fraction of sp³-hybridized carbons (Fsp3) is 0.667. The third-order valence-corrected chi connectivity index (χ3v) is 3.24. The summed E-state index contributed by atoms with van der Waals surface area (Å²) in [4.78, 5) is 0. The predicted molar refractivity (Wildman–Crippen MR) is 60.8 cm³/mol. The normalized spacial score (nSPS) is 19.5. The third kappa shape index (κ3) is 2.83. The SMILES string of the molecule is NCC(CNC1CCCC1)c1ccco1. The van der Waals surface area contributed by atoms with E-state index in [0.29, 0.717) is 18.5 Å². The van der Waals surface area contributed by atoms with Gasteiger partial charge in [-0.15, -0.1) is 0 Å². The van der Waals surface area contributed by atoms with Crippen LogP contribution in [0.3, 0.4) is 0 Å². The zero-order valence-electron chi connectivity index (χ0n) is 9.11. The fourth-order valence-electron chi connectivity index (χ4n) is 2.26. The first kappa shape index (κ1) is 10.7. The number of rotatable bonds is 5. The van der Waals surface area contributed by atoms with E-state index in [1.165, 1.54) is 25.7 Å². The van der Waals surface area contributed by atoms with Crippen LogP contribution >= 0.6 is 0 Å². The van der Waals surface area contributed by atoms with E-state index in [4.69, 9.17) is 10.2 Å². The lowest BCUT2D eigenvalue weighted by Crippen LogP contribution is -2.32. The summed E-state index contributed by atoms with van der Waals surface area (Å²) in [6.45, 7) is 1.59. The second-order valence-electron chi connectivity index (χ2n) is 4.34. The van der Waals surface area contributed by atoms with E-state index < -0.39 is 0 Å². The van der Waals surface area contributed by atoms with Gasteiger partial charge in [-0.05, 0) is 25.0 Å². The highest BCUT2D eigenvalue weighted by atomic mass is 16.3. The van der Waals surface area contributed by atoms with E-state index in [1.54, 1.807) is 6.26 Å². The van der Waals surface area contributed by atoms with Gasteiger partial charge in [0.1, 0.15) is 5.76 Å². The van der Waals surface area contributed by atoms with Crippen molar-refractivity contribution in [1.82, 2.24) is 5.32 Å². The lowest BCUT2D eigenvalue weighted by Gasteiger charge is -2.17. The quantitative estimate of drug-likeness (QED) is 0.776. The van der Waals surface area contributed by atoms with Crippen molar-refractivity contribution in [3.05, 3.63) is 24.2 Å². The zero-order chi connectivity index (χ0) is 10.5. The standard InChI is InChI=1S/C12H20N2O/c13-8-10(12-6-3-7-15-12)9-14-11-4-1-2-5-11/h3,6-7,10-11,14H,1-2,4-5,8-9,13H2. The first-order valence-electron chi connectivity index (χ1n) is 5.87. The van der Waals surface area contributed by atoms with E-state index >= 15 is 0 Å². The summed E-state index contributed by atoms with van der Waals surface area (Å²) >= 11 is 0. The molecular formula is C12H20N2O. The number of hydrogen-bond acceptors (Lipinski definition) is 3. The zero-order valence-corrected chi connectivity index (χ0v) is 9.11. The van der Waals surface area contributed by atoms with Crippen molar-refractivity contribution in [1.29, 1.82) is 0 Å². The van der Waals surface area contributed by atoms with Crippen LogP contribution < -0.4 is 11.1 Å². The number of nitrogens with two attached hydrogens (primary N) is 1. The molecule has 0 saturated heterocycles. The Balaban J connectivity index is 1.80. The van der Waals surface area contributed by atoms with Crippen LogP contribution in [-0.2, 0) is 0 Å². The molecule has 2 rings (SSSR count). The van der Waals surface area contributed by atoms with Crippen LogP contribution in [0, 0.1) is 0 Å². The summed E-state index contributed by atoms with van der Waals surface area (Å²) in [6, 6.07) is 4.63. The van der Waals surface area contributed by atoms with Crippen molar-refractivity contribution in [2.24, 2.45) is 5.73 Å². The van der Waals surface area contributed by atoms with Crippen LogP contribution in [0.15, 0.2) is 22.8 Å². The van der Waals surface area contributed by atoms with Crippen LogP contribution in [0.4, 0.5) is 0 Å². The lowest BCUT2D eigenvalue weighted by molar-refractivity contribution is 0.424. The maximum Gasteiger partial charge on any atom is 0.109 e. The molecule has 0 amide bonds. The van der Waals surface area contributed by atoms with Crippen molar-refractivity contribution in [2.45, 2.75) is 37.6 Å². The molecule has 0 radical (unpaired) electrons. The van der Waals surface area contributed by atoms with Gasteiger partial charge >= 0.3 is 0 Å². The van der Waals surface area contributed by atoms with Crippen molar-refractivity contribution in [3.63, 3.8) is 0 Å². The third-order valence-electron chi connectivity index (χ3n) is 3.24. The van der Waals surface area contributed by atoms with E-state index in [9.17, 15) is 0 Å². The molecule has 1 heterocycles. The maximum atomic E-state index is 5.75. The van der Waals surface area contributed by atoms with Gasteiger partial charge in [0.2, 0.25) is 0 Å². The summed E-state index contributed by atoms with van der Waals surface area (Å²) in [7, 11) is 0. The van der Waals surface area contributed by atoms with Crippen molar-refractivity contribution >= 4 is 0 Å². The van der Waals surface area contributed by atoms with Gasteiger partial charge in [-0.1, -0.05) is 12.8 Å². The summed E-state index contributed by atoms with van der Waals surface area (Å²) in [6.07, 6.45) is 7.08. The van der Waals surface area contributed by atoms with Crippen LogP contribution in [-0.4, -0.2) is 19.1 Å². The average Bonchev–Trinajstić information content (AvgIpc) is 2.90. The summed E-state index contributed by atoms with van der Waals surface area (Å²) < 4.78 is 5.38. The predicted octanol–water partition coefficient (Wildman–Crippen LogP) is 1.85. The minimum Gasteiger partial charge on any atom is -0.469 e. The molecule has 1 aromatic heterocycles. The molecule has 1 saturated carbocycles. The molecule has 84 valence electrons. The van der Waals surface area contributed by atoms with Gasteiger partial charge in [0.25, 0.3) is 0 Å². The molecule has 0 aromatic carbocycles. The molecule has 3 heteroatoms. The Morgan fingerprint density at radius 2 is 2.27 bits per heavy atom. The van der Waals surface area contributed by atoms with Crippen molar-refractivity contribution in [2.75, 3.05) is 13.1 Å². The molecule has 3 N–H and O–H groups in total. The Morgan fingerprint density at radius 3 is 2.87 bits per heavy atom.